The Bertz CT molecular complexity index is 513. The molecular formula is C15H19BrN2O2. The molecule has 0 bridgehead atoms. The summed E-state index contributed by atoms with van der Waals surface area (Å²) in [6.07, 6.45) is 3.56. The van der Waals surface area contributed by atoms with E-state index < -0.39 is 5.97 Å². The lowest BCUT2D eigenvalue weighted by molar-refractivity contribution is -0.142. The number of fused-ring (bicyclic) bond motifs is 1. The van der Waals surface area contributed by atoms with Gasteiger partial charge in [-0.2, -0.15) is 0 Å². The second-order valence-corrected chi connectivity index (χ2v) is 6.54. The highest BCUT2D eigenvalue weighted by atomic mass is 79.9. The molecule has 0 amide bonds. The summed E-state index contributed by atoms with van der Waals surface area (Å²) < 4.78 is 1.08. The maximum atomic E-state index is 11.0. The summed E-state index contributed by atoms with van der Waals surface area (Å²) in [4.78, 5) is 13.5. The molecule has 4 nitrogen and oxygen atoms in total. The van der Waals surface area contributed by atoms with E-state index in [0.717, 1.165) is 43.2 Å². The third kappa shape index (κ3) is 2.64. The number of benzene rings is 1. The van der Waals surface area contributed by atoms with Crippen molar-refractivity contribution in [2.75, 3.05) is 23.3 Å². The molecule has 0 atom stereocenters. The van der Waals surface area contributed by atoms with Gasteiger partial charge in [0.1, 0.15) is 0 Å². The van der Waals surface area contributed by atoms with Crippen LogP contribution in [0.25, 0.3) is 0 Å². The molecule has 1 aliphatic carbocycles. The Labute approximate surface area is 127 Å². The van der Waals surface area contributed by atoms with Crippen LogP contribution >= 0.6 is 15.9 Å². The van der Waals surface area contributed by atoms with Crippen molar-refractivity contribution in [1.82, 2.24) is 0 Å². The van der Waals surface area contributed by atoms with Crippen LogP contribution in [0.15, 0.2) is 22.7 Å². The summed E-state index contributed by atoms with van der Waals surface area (Å²) in [7, 11) is 0. The second kappa shape index (κ2) is 5.64. The van der Waals surface area contributed by atoms with Crippen LogP contribution in [-0.2, 0) is 4.79 Å². The molecule has 0 unspecified atom stereocenters. The van der Waals surface area contributed by atoms with E-state index in [-0.39, 0.29) is 5.92 Å². The van der Waals surface area contributed by atoms with Crippen LogP contribution in [0.5, 0.6) is 0 Å². The van der Waals surface area contributed by atoms with E-state index in [4.69, 9.17) is 5.11 Å². The molecule has 0 radical (unpaired) electrons. The summed E-state index contributed by atoms with van der Waals surface area (Å²) in [5, 5.41) is 12.5. The van der Waals surface area contributed by atoms with Gasteiger partial charge in [0.15, 0.2) is 0 Å². The van der Waals surface area contributed by atoms with E-state index in [0.29, 0.717) is 6.04 Å². The Morgan fingerprint density at radius 3 is 2.75 bits per heavy atom. The molecule has 0 aromatic heterocycles. The van der Waals surface area contributed by atoms with E-state index in [2.05, 4.69) is 44.3 Å². The zero-order chi connectivity index (χ0) is 14.1. The highest BCUT2D eigenvalue weighted by Gasteiger charge is 2.31. The lowest BCUT2D eigenvalue weighted by Crippen LogP contribution is -2.44. The Balaban J connectivity index is 1.75. The van der Waals surface area contributed by atoms with Crippen molar-refractivity contribution in [3.63, 3.8) is 0 Å². The first-order chi connectivity index (χ1) is 9.65. The molecule has 1 saturated carbocycles. The molecule has 1 aromatic carbocycles. The van der Waals surface area contributed by atoms with Gasteiger partial charge in [-0.25, -0.2) is 0 Å². The number of carbonyl (C=O) groups is 1. The lowest BCUT2D eigenvalue weighted by atomic mass is 9.85. The number of nitrogens with one attached hydrogen (secondary N) is 1. The molecule has 3 rings (SSSR count). The Morgan fingerprint density at radius 1 is 1.30 bits per heavy atom. The number of nitrogens with zero attached hydrogens (tertiary/aromatic N) is 1. The first-order valence-corrected chi connectivity index (χ1v) is 7.97. The van der Waals surface area contributed by atoms with Gasteiger partial charge in [-0.05, 0) is 43.9 Å². The van der Waals surface area contributed by atoms with Crippen molar-refractivity contribution in [3.05, 3.63) is 22.7 Å². The van der Waals surface area contributed by atoms with Crippen LogP contribution in [0.2, 0.25) is 0 Å². The maximum Gasteiger partial charge on any atom is 0.306 e. The predicted molar refractivity (Wildman–Crippen MR) is 83.4 cm³/mol. The van der Waals surface area contributed by atoms with Gasteiger partial charge >= 0.3 is 5.97 Å². The fraction of sp³-hybridized carbons (Fsp3) is 0.533. The number of hydrogen-bond donors (Lipinski definition) is 2. The molecule has 1 fully saturated rings. The maximum absolute atomic E-state index is 11.0. The average Bonchev–Trinajstić information content (AvgIpc) is 2.46. The summed E-state index contributed by atoms with van der Waals surface area (Å²) in [6, 6.07) is 6.81. The van der Waals surface area contributed by atoms with Crippen molar-refractivity contribution >= 4 is 33.3 Å². The monoisotopic (exact) mass is 338 g/mol. The Morgan fingerprint density at radius 2 is 2.05 bits per heavy atom. The van der Waals surface area contributed by atoms with E-state index in [9.17, 15) is 4.79 Å². The summed E-state index contributed by atoms with van der Waals surface area (Å²) >= 11 is 3.51. The minimum absolute atomic E-state index is 0.140. The zero-order valence-corrected chi connectivity index (χ0v) is 12.9. The molecule has 108 valence electrons. The van der Waals surface area contributed by atoms with E-state index in [1.807, 2.05) is 0 Å². The normalized spacial score (nSPS) is 25.8. The number of anilines is 2. The van der Waals surface area contributed by atoms with Crippen LogP contribution in [0.4, 0.5) is 11.4 Å². The SMILES string of the molecule is O=C(O)C1CCC(N2CCNc3cc(Br)ccc32)CC1. The van der Waals surface area contributed by atoms with Crippen molar-refractivity contribution in [3.8, 4) is 0 Å². The molecule has 1 aromatic rings. The van der Waals surface area contributed by atoms with Crippen molar-refractivity contribution < 1.29 is 9.90 Å². The van der Waals surface area contributed by atoms with Crippen molar-refractivity contribution in [2.24, 2.45) is 5.92 Å². The first-order valence-electron chi connectivity index (χ1n) is 7.18. The van der Waals surface area contributed by atoms with E-state index in [1.54, 1.807) is 0 Å². The molecule has 0 spiro atoms. The third-order valence-corrected chi connectivity index (χ3v) is 4.92. The minimum Gasteiger partial charge on any atom is -0.481 e. The van der Waals surface area contributed by atoms with Crippen LogP contribution in [-0.4, -0.2) is 30.2 Å². The Kier molecular flexibility index (Phi) is 3.87. The van der Waals surface area contributed by atoms with Gasteiger partial charge in [0.25, 0.3) is 0 Å². The average molecular weight is 339 g/mol. The van der Waals surface area contributed by atoms with Crippen molar-refractivity contribution in [1.29, 1.82) is 0 Å². The van der Waals surface area contributed by atoms with Gasteiger partial charge in [-0.15, -0.1) is 0 Å². The molecule has 2 N–H and O–H groups in total. The van der Waals surface area contributed by atoms with Gasteiger partial charge in [0.2, 0.25) is 0 Å². The topological polar surface area (TPSA) is 52.6 Å². The number of carboxylic acids is 1. The first kappa shape index (κ1) is 13.7. The highest BCUT2D eigenvalue weighted by molar-refractivity contribution is 9.10. The van der Waals surface area contributed by atoms with E-state index >= 15 is 0 Å². The fourth-order valence-corrected chi connectivity index (χ4v) is 3.71. The molecule has 0 saturated heterocycles. The van der Waals surface area contributed by atoms with Gasteiger partial charge < -0.3 is 15.3 Å². The summed E-state index contributed by atoms with van der Waals surface area (Å²) in [5.74, 6) is -0.772. The highest BCUT2D eigenvalue weighted by Crippen LogP contribution is 2.37. The quantitative estimate of drug-likeness (QED) is 0.868. The molecule has 1 aliphatic heterocycles. The lowest BCUT2D eigenvalue weighted by Gasteiger charge is -2.41. The van der Waals surface area contributed by atoms with Crippen LogP contribution in [0, 0.1) is 5.92 Å². The number of carboxylic acid groups (broad SMARTS) is 1. The molecule has 2 aliphatic rings. The van der Waals surface area contributed by atoms with Crippen LogP contribution in [0.1, 0.15) is 25.7 Å². The van der Waals surface area contributed by atoms with Gasteiger partial charge in [0.05, 0.1) is 17.3 Å². The second-order valence-electron chi connectivity index (χ2n) is 5.63. The van der Waals surface area contributed by atoms with Gasteiger partial charge in [-0.1, -0.05) is 15.9 Å². The standard InChI is InChI=1S/C15H19BrN2O2/c16-11-3-6-14-13(9-11)17-7-8-18(14)12-4-1-10(2-5-12)15(19)20/h3,6,9-10,12,17H,1-2,4-5,7-8H2,(H,19,20). The molecule has 20 heavy (non-hydrogen) atoms. The van der Waals surface area contributed by atoms with Crippen molar-refractivity contribution in [2.45, 2.75) is 31.7 Å². The molecule has 1 heterocycles. The third-order valence-electron chi connectivity index (χ3n) is 4.42. The molecular weight excluding hydrogens is 320 g/mol. The van der Waals surface area contributed by atoms with Crippen LogP contribution in [0.3, 0.4) is 0 Å². The number of hydrogen-bond acceptors (Lipinski definition) is 3. The number of rotatable bonds is 2. The smallest absolute Gasteiger partial charge is 0.306 e. The molecule has 5 heteroatoms. The summed E-state index contributed by atoms with van der Waals surface area (Å²) in [5.41, 5.74) is 2.42. The van der Waals surface area contributed by atoms with E-state index in [1.165, 1.54) is 11.4 Å². The fourth-order valence-electron chi connectivity index (χ4n) is 3.35. The number of halogens is 1. The zero-order valence-electron chi connectivity index (χ0n) is 11.3. The largest absolute Gasteiger partial charge is 0.481 e. The van der Waals surface area contributed by atoms with Crippen LogP contribution < -0.4 is 10.2 Å². The minimum atomic E-state index is -0.631. The predicted octanol–water partition coefficient (Wildman–Crippen LogP) is 3.32. The summed E-state index contributed by atoms with van der Waals surface area (Å²) in [6.45, 7) is 1.94. The van der Waals surface area contributed by atoms with Gasteiger partial charge in [-0.3, -0.25) is 4.79 Å². The van der Waals surface area contributed by atoms with Gasteiger partial charge in [0, 0.05) is 23.6 Å². The Hall–Kier alpha value is -1.23. The number of aliphatic carboxylic acids is 1.